The molecule has 2 nitrogen and oxygen atoms in total. The number of nitrogens with zero attached hydrogens (tertiary/aromatic N) is 1. The van der Waals surface area contributed by atoms with Crippen LogP contribution in [0.25, 0.3) is 21.2 Å². The summed E-state index contributed by atoms with van der Waals surface area (Å²) in [5.41, 5.74) is 4.61. The fraction of sp³-hybridized carbons (Fsp3) is 0.0455. The summed E-state index contributed by atoms with van der Waals surface area (Å²) in [6.07, 6.45) is 0. The number of rotatable bonds is 2. The van der Waals surface area contributed by atoms with E-state index in [1.807, 2.05) is 12.1 Å². The molecule has 1 atom stereocenters. The molecule has 3 aromatic carbocycles. The summed E-state index contributed by atoms with van der Waals surface area (Å²) in [6, 6.07) is 27.5. The number of hydrogen-bond donors (Lipinski definition) is 1. The van der Waals surface area contributed by atoms with E-state index in [1.165, 1.54) is 26.3 Å². The zero-order valence-corrected chi connectivity index (χ0v) is 15.4. The molecule has 0 aliphatic carbocycles. The summed E-state index contributed by atoms with van der Waals surface area (Å²) < 4.78 is 1.24. The van der Waals surface area contributed by atoms with E-state index in [2.05, 4.69) is 77.0 Å². The summed E-state index contributed by atoms with van der Waals surface area (Å²) in [5, 5.41) is 4.94. The van der Waals surface area contributed by atoms with Crippen LogP contribution in [-0.2, 0) is 0 Å². The molecule has 26 heavy (non-hydrogen) atoms. The van der Waals surface area contributed by atoms with Gasteiger partial charge in [0.1, 0.15) is 0 Å². The van der Waals surface area contributed by atoms with Crippen LogP contribution < -0.4 is 5.32 Å². The number of nitrogens with one attached hydrogen (secondary N) is 1. The van der Waals surface area contributed by atoms with E-state index in [1.54, 1.807) is 11.3 Å². The monoisotopic (exact) mass is 374 g/mol. The Hall–Kier alpha value is -2.62. The Balaban J connectivity index is 1.58. The molecular formula is C22H15ClN2S. The molecule has 1 N–H and O–H groups in total. The van der Waals surface area contributed by atoms with E-state index in [-0.39, 0.29) is 6.04 Å². The standard InChI is InChI=1S/C22H15ClN2S/c23-22-24-19(21-20(25-22)17-8-4-5-9-18(17)26-21)16-12-10-15(11-13-16)14-6-2-1-3-7-14/h1-13,19H,(H,24,25). The van der Waals surface area contributed by atoms with Gasteiger partial charge in [-0.15, -0.1) is 11.3 Å². The molecule has 1 aliphatic rings. The van der Waals surface area contributed by atoms with Crippen LogP contribution in [0.1, 0.15) is 16.5 Å². The van der Waals surface area contributed by atoms with Crippen LogP contribution >= 0.6 is 22.9 Å². The molecule has 126 valence electrons. The zero-order chi connectivity index (χ0) is 17.5. The lowest BCUT2D eigenvalue weighted by Gasteiger charge is -2.23. The first kappa shape index (κ1) is 15.6. The Morgan fingerprint density at radius 3 is 2.31 bits per heavy atom. The molecule has 0 saturated heterocycles. The molecule has 1 aromatic heterocycles. The smallest absolute Gasteiger partial charge is 0.197 e. The van der Waals surface area contributed by atoms with Gasteiger partial charge in [-0.2, -0.15) is 0 Å². The van der Waals surface area contributed by atoms with Gasteiger partial charge in [0.15, 0.2) is 5.29 Å². The highest BCUT2D eigenvalue weighted by Gasteiger charge is 2.26. The van der Waals surface area contributed by atoms with Crippen molar-refractivity contribution < 1.29 is 0 Å². The maximum absolute atomic E-state index is 6.32. The minimum atomic E-state index is 0.0252. The predicted molar refractivity (Wildman–Crippen MR) is 112 cm³/mol. The molecule has 1 unspecified atom stereocenters. The molecule has 0 bridgehead atoms. The van der Waals surface area contributed by atoms with Gasteiger partial charge >= 0.3 is 0 Å². The van der Waals surface area contributed by atoms with Crippen LogP contribution in [0.5, 0.6) is 0 Å². The van der Waals surface area contributed by atoms with Crippen molar-refractivity contribution in [2.24, 2.45) is 4.99 Å². The van der Waals surface area contributed by atoms with Crippen molar-refractivity contribution >= 4 is 44.0 Å². The normalized spacial score (nSPS) is 16.0. The van der Waals surface area contributed by atoms with Crippen molar-refractivity contribution in [3.8, 4) is 11.1 Å². The Bertz CT molecular complexity index is 1110. The number of fused-ring (bicyclic) bond motifs is 3. The second kappa shape index (κ2) is 6.27. The fourth-order valence-electron chi connectivity index (χ4n) is 3.41. The van der Waals surface area contributed by atoms with Crippen molar-refractivity contribution in [2.75, 3.05) is 0 Å². The zero-order valence-electron chi connectivity index (χ0n) is 13.8. The number of thiophene rings is 1. The molecular weight excluding hydrogens is 360 g/mol. The van der Waals surface area contributed by atoms with Crippen LogP contribution in [0.4, 0.5) is 5.69 Å². The van der Waals surface area contributed by atoms with E-state index in [4.69, 9.17) is 11.6 Å². The number of amidine groups is 1. The maximum Gasteiger partial charge on any atom is 0.197 e. The van der Waals surface area contributed by atoms with Crippen molar-refractivity contribution in [2.45, 2.75) is 6.04 Å². The largest absolute Gasteiger partial charge is 0.349 e. The molecule has 5 rings (SSSR count). The van der Waals surface area contributed by atoms with E-state index >= 15 is 0 Å². The molecule has 0 saturated carbocycles. The van der Waals surface area contributed by atoms with Gasteiger partial charge in [-0.3, -0.25) is 0 Å². The molecule has 0 amide bonds. The average molecular weight is 375 g/mol. The van der Waals surface area contributed by atoms with Gasteiger partial charge in [-0.05, 0) is 34.4 Å². The molecule has 0 radical (unpaired) electrons. The molecule has 0 spiro atoms. The summed E-state index contributed by atoms with van der Waals surface area (Å²) in [6.45, 7) is 0. The summed E-state index contributed by atoms with van der Waals surface area (Å²) in [5.74, 6) is 0. The van der Waals surface area contributed by atoms with Crippen LogP contribution in [0.15, 0.2) is 83.9 Å². The Labute approximate surface area is 160 Å². The summed E-state index contributed by atoms with van der Waals surface area (Å²) in [4.78, 5) is 5.77. The molecule has 4 aromatic rings. The SMILES string of the molecule is ClC1=Nc2c(sc3ccccc23)C(c2ccc(-c3ccccc3)cc2)N1. The van der Waals surface area contributed by atoms with Gasteiger partial charge in [-0.1, -0.05) is 72.8 Å². The van der Waals surface area contributed by atoms with Gasteiger partial charge in [0.25, 0.3) is 0 Å². The predicted octanol–water partition coefficient (Wildman–Crippen LogP) is 6.49. The molecule has 1 aliphatic heterocycles. The average Bonchev–Trinajstić information content (AvgIpc) is 3.07. The minimum Gasteiger partial charge on any atom is -0.349 e. The van der Waals surface area contributed by atoms with Crippen LogP contribution in [0.3, 0.4) is 0 Å². The fourth-order valence-corrected chi connectivity index (χ4v) is 4.83. The summed E-state index contributed by atoms with van der Waals surface area (Å²) >= 11 is 8.09. The van der Waals surface area contributed by atoms with Gasteiger partial charge < -0.3 is 5.32 Å². The second-order valence-corrected chi connectivity index (χ2v) is 7.72. The topological polar surface area (TPSA) is 24.4 Å². The number of halogens is 1. The minimum absolute atomic E-state index is 0.0252. The lowest BCUT2D eigenvalue weighted by atomic mass is 9.99. The second-order valence-electron chi connectivity index (χ2n) is 6.28. The van der Waals surface area contributed by atoms with Gasteiger partial charge in [0.2, 0.25) is 0 Å². The van der Waals surface area contributed by atoms with Crippen LogP contribution in [0.2, 0.25) is 0 Å². The Morgan fingerprint density at radius 2 is 1.50 bits per heavy atom. The third-order valence-corrected chi connectivity index (χ3v) is 6.10. The van der Waals surface area contributed by atoms with Crippen LogP contribution in [-0.4, -0.2) is 5.29 Å². The third-order valence-electron chi connectivity index (χ3n) is 4.68. The first-order valence-electron chi connectivity index (χ1n) is 8.47. The van der Waals surface area contributed by atoms with Crippen molar-refractivity contribution in [3.05, 3.63) is 89.3 Å². The van der Waals surface area contributed by atoms with Crippen LogP contribution in [0, 0.1) is 0 Å². The molecule has 2 heterocycles. The highest BCUT2D eigenvalue weighted by molar-refractivity contribution is 7.20. The van der Waals surface area contributed by atoms with Gasteiger partial charge in [0, 0.05) is 10.1 Å². The lowest BCUT2D eigenvalue weighted by molar-refractivity contribution is 0.774. The highest BCUT2D eigenvalue weighted by Crippen LogP contribution is 2.45. The molecule has 0 fully saturated rings. The summed E-state index contributed by atoms with van der Waals surface area (Å²) in [7, 11) is 0. The van der Waals surface area contributed by atoms with Crippen molar-refractivity contribution in [1.82, 2.24) is 5.32 Å². The van der Waals surface area contributed by atoms with E-state index < -0.39 is 0 Å². The third kappa shape index (κ3) is 2.61. The number of hydrogen-bond acceptors (Lipinski definition) is 3. The van der Waals surface area contributed by atoms with Crippen molar-refractivity contribution in [3.63, 3.8) is 0 Å². The van der Waals surface area contributed by atoms with Crippen molar-refractivity contribution in [1.29, 1.82) is 0 Å². The quantitative estimate of drug-likeness (QED) is 0.398. The lowest BCUT2D eigenvalue weighted by Crippen LogP contribution is -2.27. The first-order chi connectivity index (χ1) is 12.8. The maximum atomic E-state index is 6.32. The van der Waals surface area contributed by atoms with Gasteiger partial charge in [-0.25, -0.2) is 4.99 Å². The highest BCUT2D eigenvalue weighted by atomic mass is 35.5. The Kier molecular flexibility index (Phi) is 3.77. The number of aliphatic imine (C=N–C) groups is 1. The van der Waals surface area contributed by atoms with Gasteiger partial charge in [0.05, 0.1) is 16.6 Å². The molecule has 4 heteroatoms. The number of benzene rings is 3. The van der Waals surface area contributed by atoms with E-state index in [0.29, 0.717) is 5.29 Å². The van der Waals surface area contributed by atoms with E-state index in [0.717, 1.165) is 11.1 Å². The van der Waals surface area contributed by atoms with E-state index in [9.17, 15) is 0 Å². The Morgan fingerprint density at radius 1 is 0.808 bits per heavy atom. The first-order valence-corrected chi connectivity index (χ1v) is 9.66.